The Hall–Kier alpha value is -1.17. The van der Waals surface area contributed by atoms with Gasteiger partial charge in [0.15, 0.2) is 6.29 Å². The Morgan fingerprint density at radius 1 is 1.35 bits per heavy atom. The van der Waals surface area contributed by atoms with Crippen molar-refractivity contribution in [2.24, 2.45) is 0 Å². The van der Waals surface area contributed by atoms with E-state index in [2.05, 4.69) is 15.9 Å². The van der Waals surface area contributed by atoms with Crippen LogP contribution >= 0.6 is 15.9 Å². The molecule has 5 heteroatoms. The highest BCUT2D eigenvalue weighted by Gasteiger charge is 2.32. The van der Waals surface area contributed by atoms with Crippen LogP contribution in [0.4, 0.5) is 0 Å². The molecule has 0 bridgehead atoms. The van der Waals surface area contributed by atoms with E-state index in [4.69, 9.17) is 9.47 Å². The number of ether oxygens (including phenoxy) is 2. The highest BCUT2D eigenvalue weighted by Crippen LogP contribution is 2.20. The zero-order chi connectivity index (χ0) is 12.4. The van der Waals surface area contributed by atoms with E-state index in [1.165, 1.54) is 0 Å². The second-order valence-electron chi connectivity index (χ2n) is 3.61. The summed E-state index contributed by atoms with van der Waals surface area (Å²) in [7, 11) is 0. The fourth-order valence-corrected chi connectivity index (χ4v) is 1.66. The van der Waals surface area contributed by atoms with Gasteiger partial charge >= 0.3 is 0 Å². The number of carbonyl (C=O) groups excluding carboxylic acids is 1. The molecule has 0 saturated carbocycles. The summed E-state index contributed by atoms with van der Waals surface area (Å²) in [5.41, 5.74) is 0.564. The Labute approximate surface area is 107 Å². The van der Waals surface area contributed by atoms with Gasteiger partial charge in [-0.15, -0.1) is 0 Å². The Bertz CT molecular complexity index is 446. The first-order chi connectivity index (χ1) is 8.06. The van der Waals surface area contributed by atoms with Gasteiger partial charge in [-0.2, -0.15) is 0 Å². The highest BCUT2D eigenvalue weighted by atomic mass is 79.9. The van der Waals surface area contributed by atoms with Crippen LogP contribution in [0, 0.1) is 0 Å². The van der Waals surface area contributed by atoms with Crippen LogP contribution in [0.15, 0.2) is 34.8 Å². The van der Waals surface area contributed by atoms with Crippen LogP contribution in [0.2, 0.25) is 0 Å². The maximum Gasteiger partial charge on any atom is 0.226 e. The Morgan fingerprint density at radius 3 is 2.47 bits per heavy atom. The molecule has 1 aliphatic heterocycles. The van der Waals surface area contributed by atoms with Crippen molar-refractivity contribution in [3.05, 3.63) is 40.4 Å². The molecule has 0 aromatic heterocycles. The minimum Gasteiger partial charge on any atom is -0.507 e. The predicted octanol–water partition coefficient (Wildman–Crippen LogP) is 2.64. The summed E-state index contributed by atoms with van der Waals surface area (Å²) in [5, 5.41) is 9.73. The van der Waals surface area contributed by atoms with Gasteiger partial charge in [-0.05, 0) is 19.1 Å². The van der Waals surface area contributed by atoms with Crippen molar-refractivity contribution in [1.29, 1.82) is 0 Å². The van der Waals surface area contributed by atoms with Crippen LogP contribution in [0.25, 0.3) is 5.76 Å². The molecule has 4 nitrogen and oxygen atoms in total. The fraction of sp³-hybridized carbons (Fsp3) is 0.250. The normalized spacial score (nSPS) is 24.2. The summed E-state index contributed by atoms with van der Waals surface area (Å²) in [6.07, 6.45) is -0.130. The van der Waals surface area contributed by atoms with Gasteiger partial charge in [-0.3, -0.25) is 4.79 Å². The monoisotopic (exact) mass is 298 g/mol. The molecule has 0 radical (unpaired) electrons. The van der Waals surface area contributed by atoms with Gasteiger partial charge in [0.05, 0.1) is 0 Å². The Balaban J connectivity index is 2.06. The van der Waals surface area contributed by atoms with Crippen molar-refractivity contribution in [2.75, 3.05) is 0 Å². The van der Waals surface area contributed by atoms with Crippen LogP contribution in [0.1, 0.15) is 12.5 Å². The van der Waals surface area contributed by atoms with E-state index >= 15 is 0 Å². The topological polar surface area (TPSA) is 55.8 Å². The molecule has 2 rings (SSSR count). The Morgan fingerprint density at radius 2 is 1.94 bits per heavy atom. The summed E-state index contributed by atoms with van der Waals surface area (Å²) in [6, 6.07) is 6.97. The van der Waals surface area contributed by atoms with Gasteiger partial charge in [0, 0.05) is 16.1 Å². The van der Waals surface area contributed by atoms with Gasteiger partial charge in [0.25, 0.3) is 0 Å². The molecule has 0 atom stereocenters. The highest BCUT2D eigenvalue weighted by molar-refractivity contribution is 9.10. The zero-order valence-corrected chi connectivity index (χ0v) is 10.7. The lowest BCUT2D eigenvalue weighted by molar-refractivity contribution is -0.355. The van der Waals surface area contributed by atoms with Crippen molar-refractivity contribution >= 4 is 27.5 Å². The van der Waals surface area contributed by atoms with Crippen LogP contribution in [-0.4, -0.2) is 23.5 Å². The molecule has 1 fully saturated rings. The summed E-state index contributed by atoms with van der Waals surface area (Å²) in [5.74, 6) is -0.502. The molecule has 90 valence electrons. The van der Waals surface area contributed by atoms with Crippen LogP contribution < -0.4 is 0 Å². The summed E-state index contributed by atoms with van der Waals surface area (Å²) < 4.78 is 10.9. The van der Waals surface area contributed by atoms with Gasteiger partial charge in [0.1, 0.15) is 5.76 Å². The van der Waals surface area contributed by atoms with Gasteiger partial charge < -0.3 is 14.6 Å². The van der Waals surface area contributed by atoms with Crippen LogP contribution in [0.3, 0.4) is 0 Å². The third kappa shape index (κ3) is 2.94. The Kier molecular flexibility index (Phi) is 3.61. The molecule has 1 saturated heterocycles. The lowest BCUT2D eigenvalue weighted by atomic mass is 10.1. The lowest BCUT2D eigenvalue weighted by Gasteiger charge is -2.31. The van der Waals surface area contributed by atoms with Gasteiger partial charge in [0.2, 0.25) is 12.1 Å². The molecule has 1 aliphatic rings. The number of hydrogen-bond acceptors (Lipinski definition) is 4. The number of rotatable bonds is 3. The fourth-order valence-electron chi connectivity index (χ4n) is 1.40. The number of aliphatic hydroxyl groups is 1. The van der Waals surface area contributed by atoms with Crippen molar-refractivity contribution in [2.45, 2.75) is 19.5 Å². The first kappa shape index (κ1) is 12.3. The number of halogens is 1. The lowest BCUT2D eigenvalue weighted by Crippen LogP contribution is -2.43. The first-order valence-corrected chi connectivity index (χ1v) is 5.87. The quantitative estimate of drug-likeness (QED) is 0.688. The largest absolute Gasteiger partial charge is 0.507 e. The molecule has 0 spiro atoms. The standard InChI is InChI=1S/C12H11BrO4/c1-7-16-12(17-7)11(15)6-10(14)8-2-4-9(13)5-3-8/h2-7,12,14H,1H3/b10-6-. The second-order valence-corrected chi connectivity index (χ2v) is 4.53. The van der Waals surface area contributed by atoms with Crippen molar-refractivity contribution < 1.29 is 19.4 Å². The van der Waals surface area contributed by atoms with Gasteiger partial charge in [-0.1, -0.05) is 28.1 Å². The second kappa shape index (κ2) is 5.00. The van der Waals surface area contributed by atoms with E-state index in [1.807, 2.05) is 0 Å². The van der Waals surface area contributed by atoms with Crippen LogP contribution in [0.5, 0.6) is 0 Å². The number of benzene rings is 1. The predicted molar refractivity (Wildman–Crippen MR) is 65.2 cm³/mol. The third-order valence-corrected chi connectivity index (χ3v) is 2.81. The number of aliphatic hydroxyl groups excluding tert-OH is 1. The zero-order valence-electron chi connectivity index (χ0n) is 9.09. The van der Waals surface area contributed by atoms with Gasteiger partial charge in [-0.25, -0.2) is 0 Å². The van der Waals surface area contributed by atoms with E-state index in [-0.39, 0.29) is 12.0 Å². The van der Waals surface area contributed by atoms with E-state index < -0.39 is 12.1 Å². The van der Waals surface area contributed by atoms with E-state index in [9.17, 15) is 9.90 Å². The molecule has 0 aliphatic carbocycles. The number of carbonyl (C=O) groups is 1. The van der Waals surface area contributed by atoms with E-state index in [0.717, 1.165) is 10.5 Å². The molecule has 0 unspecified atom stereocenters. The SMILES string of the molecule is CC1OC(C(=O)/C=C(\O)c2ccc(Br)cc2)O1. The molecule has 1 heterocycles. The molecule has 17 heavy (non-hydrogen) atoms. The number of ketones is 1. The summed E-state index contributed by atoms with van der Waals surface area (Å²) >= 11 is 3.29. The number of hydrogen-bond donors (Lipinski definition) is 1. The molecule has 1 aromatic carbocycles. The van der Waals surface area contributed by atoms with Crippen LogP contribution in [-0.2, 0) is 14.3 Å². The van der Waals surface area contributed by atoms with Crippen molar-refractivity contribution in [3.63, 3.8) is 0 Å². The summed E-state index contributed by atoms with van der Waals surface area (Å²) in [4.78, 5) is 11.5. The van der Waals surface area contributed by atoms with E-state index in [1.54, 1.807) is 31.2 Å². The third-order valence-electron chi connectivity index (χ3n) is 2.28. The minimum atomic E-state index is -0.886. The molecule has 1 N–H and O–H groups in total. The molecule has 1 aromatic rings. The van der Waals surface area contributed by atoms with Crippen molar-refractivity contribution in [3.8, 4) is 0 Å². The smallest absolute Gasteiger partial charge is 0.226 e. The minimum absolute atomic E-state index is 0.103. The summed E-state index contributed by atoms with van der Waals surface area (Å²) in [6.45, 7) is 1.70. The maximum absolute atomic E-state index is 11.5. The first-order valence-electron chi connectivity index (χ1n) is 5.07. The van der Waals surface area contributed by atoms with E-state index in [0.29, 0.717) is 5.56 Å². The average Bonchev–Trinajstić information content (AvgIpc) is 2.25. The average molecular weight is 299 g/mol. The molecule has 0 amide bonds. The van der Waals surface area contributed by atoms with Crippen molar-refractivity contribution in [1.82, 2.24) is 0 Å². The molecular weight excluding hydrogens is 288 g/mol. The molecular formula is C12H11BrO4. The maximum atomic E-state index is 11.5.